The molecule has 3 rings (SSSR count). The Morgan fingerprint density at radius 2 is 1.61 bits per heavy atom. The molecule has 12 heteroatoms. The van der Waals surface area contributed by atoms with Gasteiger partial charge in [-0.1, -0.05) is 55.8 Å². The lowest BCUT2D eigenvalue weighted by Crippen LogP contribution is -2.48. The van der Waals surface area contributed by atoms with Crippen molar-refractivity contribution in [3.63, 3.8) is 0 Å². The Kier molecular flexibility index (Phi) is 10.6. The van der Waals surface area contributed by atoms with E-state index in [2.05, 4.69) is 15.6 Å². The standard InChI is InChI=1S/C29H41BClN3O7/c1-27(2,3)40-25(35)32-20(14-19-12-10-9-11-13-19)16-37-22-15-21(30-38-17-29(7,8)18-39-30)23(31)33-24(22)34-26(36)41-28(4,5)6/h9-13,15,20H,14,16-18H2,1-8H3,(H,32,35)(H,33,34,36). The number of nitrogens with one attached hydrogen (secondary N) is 2. The van der Waals surface area contributed by atoms with Gasteiger partial charge in [0.05, 0.1) is 6.04 Å². The van der Waals surface area contributed by atoms with Crippen molar-refractivity contribution in [3.05, 3.63) is 47.1 Å². The van der Waals surface area contributed by atoms with E-state index in [4.69, 9.17) is 35.1 Å². The van der Waals surface area contributed by atoms with Crippen LogP contribution in [-0.4, -0.2) is 61.4 Å². The van der Waals surface area contributed by atoms with Gasteiger partial charge < -0.3 is 28.8 Å². The average Bonchev–Trinajstić information content (AvgIpc) is 2.82. The Morgan fingerprint density at radius 3 is 2.20 bits per heavy atom. The zero-order valence-electron chi connectivity index (χ0n) is 25.1. The SMILES string of the molecule is CC1(C)COB(c2cc(OCC(Cc3ccccc3)NC(=O)OC(C)(C)C)c(NC(=O)OC(C)(C)C)nc2Cl)OC1. The molecule has 2 heterocycles. The van der Waals surface area contributed by atoms with E-state index in [9.17, 15) is 9.59 Å². The van der Waals surface area contributed by atoms with E-state index in [0.29, 0.717) is 25.1 Å². The van der Waals surface area contributed by atoms with Crippen molar-refractivity contribution >= 4 is 42.2 Å². The average molecular weight is 590 g/mol. The van der Waals surface area contributed by atoms with Crippen molar-refractivity contribution in [2.24, 2.45) is 5.41 Å². The predicted molar refractivity (Wildman–Crippen MR) is 159 cm³/mol. The van der Waals surface area contributed by atoms with Crippen LogP contribution in [0, 0.1) is 5.41 Å². The Hall–Kier alpha value is -3.02. The van der Waals surface area contributed by atoms with Gasteiger partial charge in [0.15, 0.2) is 11.6 Å². The van der Waals surface area contributed by atoms with Crippen molar-refractivity contribution < 1.29 is 33.1 Å². The number of carbonyl (C=O) groups is 2. The number of halogens is 1. The maximum atomic E-state index is 12.6. The van der Waals surface area contributed by atoms with Crippen LogP contribution < -0.4 is 20.8 Å². The van der Waals surface area contributed by atoms with E-state index < -0.39 is 36.5 Å². The van der Waals surface area contributed by atoms with Crippen LogP contribution in [0.2, 0.25) is 5.15 Å². The number of amides is 2. The van der Waals surface area contributed by atoms with E-state index in [0.717, 1.165) is 5.56 Å². The summed E-state index contributed by atoms with van der Waals surface area (Å²) in [4.78, 5) is 29.6. The van der Waals surface area contributed by atoms with Gasteiger partial charge in [0, 0.05) is 24.1 Å². The molecule has 1 aliphatic heterocycles. The highest BCUT2D eigenvalue weighted by molar-refractivity contribution is 6.65. The summed E-state index contributed by atoms with van der Waals surface area (Å²) in [5, 5.41) is 5.59. The third-order valence-electron chi connectivity index (χ3n) is 5.58. The molecule has 10 nitrogen and oxygen atoms in total. The molecule has 1 aromatic carbocycles. The van der Waals surface area contributed by atoms with Crippen molar-refractivity contribution in [2.75, 3.05) is 25.1 Å². The van der Waals surface area contributed by atoms with Crippen LogP contribution >= 0.6 is 11.6 Å². The van der Waals surface area contributed by atoms with Crippen LogP contribution in [-0.2, 0) is 25.2 Å². The number of anilines is 1. The third kappa shape index (κ3) is 11.1. The van der Waals surface area contributed by atoms with E-state index in [-0.39, 0.29) is 28.7 Å². The van der Waals surface area contributed by atoms with Gasteiger partial charge in [0.2, 0.25) is 0 Å². The maximum absolute atomic E-state index is 12.6. The first kappa shape index (κ1) is 32.5. The quantitative estimate of drug-likeness (QED) is 0.312. The summed E-state index contributed by atoms with van der Waals surface area (Å²) in [6.45, 7) is 15.7. The first-order valence-electron chi connectivity index (χ1n) is 13.6. The highest BCUT2D eigenvalue weighted by Crippen LogP contribution is 2.28. The monoisotopic (exact) mass is 589 g/mol. The second-order valence-electron chi connectivity index (χ2n) is 12.8. The number of ether oxygens (including phenoxy) is 3. The van der Waals surface area contributed by atoms with Crippen LogP contribution in [0.3, 0.4) is 0 Å². The lowest BCUT2D eigenvalue weighted by molar-refractivity contribution is 0.0343. The van der Waals surface area contributed by atoms with Gasteiger partial charge in [0.25, 0.3) is 0 Å². The topological polar surface area (TPSA) is 117 Å². The van der Waals surface area contributed by atoms with Crippen LogP contribution in [0.5, 0.6) is 5.75 Å². The molecule has 1 saturated heterocycles. The highest BCUT2D eigenvalue weighted by Gasteiger charge is 2.36. The Bertz CT molecular complexity index is 1190. The van der Waals surface area contributed by atoms with Gasteiger partial charge in [-0.15, -0.1) is 0 Å². The third-order valence-corrected chi connectivity index (χ3v) is 5.88. The minimum absolute atomic E-state index is 0.0271. The molecule has 0 spiro atoms. The number of rotatable bonds is 8. The molecule has 1 atom stereocenters. The van der Waals surface area contributed by atoms with Crippen LogP contribution in [0.1, 0.15) is 61.0 Å². The second kappa shape index (κ2) is 13.3. The summed E-state index contributed by atoms with van der Waals surface area (Å²) in [7, 11) is -0.763. The Balaban J connectivity index is 1.88. The molecule has 0 radical (unpaired) electrons. The van der Waals surface area contributed by atoms with Crippen LogP contribution in [0.25, 0.3) is 0 Å². The summed E-state index contributed by atoms with van der Waals surface area (Å²) < 4.78 is 28.9. The van der Waals surface area contributed by atoms with Crippen molar-refractivity contribution in [3.8, 4) is 5.75 Å². The van der Waals surface area contributed by atoms with E-state index in [1.807, 2.05) is 44.2 Å². The van der Waals surface area contributed by atoms with Gasteiger partial charge in [-0.05, 0) is 59.6 Å². The van der Waals surface area contributed by atoms with E-state index in [1.54, 1.807) is 47.6 Å². The zero-order valence-corrected chi connectivity index (χ0v) is 25.9. The Labute approximate surface area is 247 Å². The van der Waals surface area contributed by atoms with Gasteiger partial charge in [-0.2, -0.15) is 0 Å². The fourth-order valence-corrected chi connectivity index (χ4v) is 4.07. The number of hydrogen-bond donors (Lipinski definition) is 2. The summed E-state index contributed by atoms with van der Waals surface area (Å²) >= 11 is 6.53. The molecule has 2 N–H and O–H groups in total. The van der Waals surface area contributed by atoms with Crippen molar-refractivity contribution in [2.45, 2.75) is 79.1 Å². The minimum Gasteiger partial charge on any atom is -0.488 e. The first-order chi connectivity index (χ1) is 19.0. The zero-order chi connectivity index (χ0) is 30.4. The van der Waals surface area contributed by atoms with Crippen molar-refractivity contribution in [1.82, 2.24) is 10.3 Å². The fraction of sp³-hybridized carbons (Fsp3) is 0.552. The molecule has 1 fully saturated rings. The minimum atomic E-state index is -0.763. The lowest BCUT2D eigenvalue weighted by Gasteiger charge is -2.33. The second-order valence-corrected chi connectivity index (χ2v) is 13.2. The van der Waals surface area contributed by atoms with Gasteiger partial charge in [0.1, 0.15) is 23.0 Å². The van der Waals surface area contributed by atoms with Gasteiger partial charge in [-0.25, -0.2) is 14.6 Å². The molecule has 1 aliphatic rings. The molecule has 0 aliphatic carbocycles. The van der Waals surface area contributed by atoms with E-state index >= 15 is 0 Å². The number of carbonyl (C=O) groups excluding carboxylic acids is 2. The first-order valence-corrected chi connectivity index (χ1v) is 14.0. The van der Waals surface area contributed by atoms with Gasteiger partial charge >= 0.3 is 19.3 Å². The van der Waals surface area contributed by atoms with Crippen molar-refractivity contribution in [1.29, 1.82) is 0 Å². The number of pyridine rings is 1. The number of nitrogens with zero attached hydrogens (tertiary/aromatic N) is 1. The smallest absolute Gasteiger partial charge is 0.488 e. The maximum Gasteiger partial charge on any atom is 0.497 e. The number of aromatic nitrogens is 1. The molecular weight excluding hydrogens is 549 g/mol. The molecule has 2 aromatic rings. The molecule has 1 unspecified atom stereocenters. The molecule has 0 bridgehead atoms. The van der Waals surface area contributed by atoms with Crippen LogP contribution in [0.15, 0.2) is 36.4 Å². The Morgan fingerprint density at radius 1 is 1.02 bits per heavy atom. The lowest BCUT2D eigenvalue weighted by atomic mass is 9.76. The number of benzene rings is 1. The number of hydrogen-bond acceptors (Lipinski definition) is 8. The molecule has 1 aromatic heterocycles. The molecule has 0 saturated carbocycles. The van der Waals surface area contributed by atoms with Crippen LogP contribution in [0.4, 0.5) is 15.4 Å². The van der Waals surface area contributed by atoms with Gasteiger partial charge in [-0.3, -0.25) is 5.32 Å². The largest absolute Gasteiger partial charge is 0.497 e. The summed E-state index contributed by atoms with van der Waals surface area (Å²) in [5.74, 6) is 0.260. The molecule has 2 amide bonds. The predicted octanol–water partition coefficient (Wildman–Crippen LogP) is 5.37. The van der Waals surface area contributed by atoms with E-state index in [1.165, 1.54) is 0 Å². The summed E-state index contributed by atoms with van der Waals surface area (Å²) in [5.41, 5.74) is -0.108. The highest BCUT2D eigenvalue weighted by atomic mass is 35.5. The molecule has 224 valence electrons. The summed E-state index contributed by atoms with van der Waals surface area (Å²) in [6, 6.07) is 10.8. The molecular formula is C29H41BClN3O7. The fourth-order valence-electron chi connectivity index (χ4n) is 3.84. The normalized spacial score (nSPS) is 16.0. The summed E-state index contributed by atoms with van der Waals surface area (Å²) in [6.07, 6.45) is -0.832. The molecule has 41 heavy (non-hydrogen) atoms. The number of alkyl carbamates (subject to hydrolysis) is 1.